The van der Waals surface area contributed by atoms with Crippen LogP contribution in [0.4, 0.5) is 17.1 Å². The van der Waals surface area contributed by atoms with Gasteiger partial charge in [-0.1, -0.05) is 162 Å². The van der Waals surface area contributed by atoms with Crippen LogP contribution in [0.5, 0.6) is 0 Å². The van der Waals surface area contributed by atoms with Gasteiger partial charge in [0.05, 0.1) is 11.4 Å². The van der Waals surface area contributed by atoms with E-state index in [4.69, 9.17) is 4.42 Å². The summed E-state index contributed by atoms with van der Waals surface area (Å²) in [7, 11) is 0. The average molecular weight is 710 g/mol. The van der Waals surface area contributed by atoms with Crippen molar-refractivity contribution < 1.29 is 4.42 Å². The van der Waals surface area contributed by atoms with Crippen LogP contribution in [0.3, 0.4) is 0 Å². The summed E-state index contributed by atoms with van der Waals surface area (Å²) >= 11 is 0. The SMILES string of the molecule is C=C1/C=C\C=C/Cc2cc3c(cc2C1(C)C)-c1ccc(N(c2cccc(-c4ccccc4)c2)c2cccc4c2oc2ccccc24)c2cccc(c12)C3(C)C. The molecule has 0 saturated heterocycles. The highest BCUT2D eigenvalue weighted by atomic mass is 16.3. The van der Waals surface area contributed by atoms with E-state index in [1.54, 1.807) is 0 Å². The fourth-order valence-corrected chi connectivity index (χ4v) is 9.21. The van der Waals surface area contributed by atoms with Gasteiger partial charge in [-0.25, -0.2) is 0 Å². The highest BCUT2D eigenvalue weighted by Gasteiger charge is 2.37. The Balaban J connectivity index is 1.26. The maximum atomic E-state index is 6.74. The number of nitrogens with zero attached hydrogens (tertiary/aromatic N) is 1. The predicted molar refractivity (Wildman–Crippen MR) is 233 cm³/mol. The number of fused-ring (bicyclic) bond motifs is 6. The summed E-state index contributed by atoms with van der Waals surface area (Å²) in [5.74, 6) is 0. The third kappa shape index (κ3) is 5.08. The molecule has 0 aliphatic heterocycles. The molecule has 0 atom stereocenters. The van der Waals surface area contributed by atoms with Crippen molar-refractivity contribution in [1.29, 1.82) is 0 Å². The third-order valence-electron chi connectivity index (χ3n) is 12.3. The summed E-state index contributed by atoms with van der Waals surface area (Å²) in [6.07, 6.45) is 9.62. The van der Waals surface area contributed by atoms with E-state index in [9.17, 15) is 0 Å². The van der Waals surface area contributed by atoms with Gasteiger partial charge in [-0.05, 0) is 98.3 Å². The van der Waals surface area contributed by atoms with E-state index < -0.39 is 0 Å². The van der Waals surface area contributed by atoms with Crippen LogP contribution in [0.15, 0.2) is 180 Å². The molecule has 266 valence electrons. The van der Waals surface area contributed by atoms with Gasteiger partial charge in [0.2, 0.25) is 0 Å². The van der Waals surface area contributed by atoms with Gasteiger partial charge < -0.3 is 9.32 Å². The molecular weight excluding hydrogens is 667 g/mol. The first-order chi connectivity index (χ1) is 26.7. The molecular formula is C53H43NO. The first kappa shape index (κ1) is 33.2. The van der Waals surface area contributed by atoms with Crippen LogP contribution in [-0.4, -0.2) is 0 Å². The second-order valence-electron chi connectivity index (χ2n) is 16.2. The van der Waals surface area contributed by atoms with Crippen molar-refractivity contribution >= 4 is 49.8 Å². The summed E-state index contributed by atoms with van der Waals surface area (Å²) in [5, 5.41) is 4.74. The van der Waals surface area contributed by atoms with E-state index in [1.807, 2.05) is 6.07 Å². The standard InChI is InChI=1S/C53H43NO/c1-34-17-8-6-11-20-37-32-46-43(33-45(37)52(34,2)3)40-29-30-47(42-25-15-26-44(50(40)42)53(46,4)5)54(38-22-14-21-36(31-38)35-18-9-7-10-19-35)48-27-16-24-41-39-23-12-13-28-49(39)55-51(41)48/h6-19,21-33H,1,20H2,2-5H3/b11-6-,17-8-. The summed E-state index contributed by atoms with van der Waals surface area (Å²) in [5.41, 5.74) is 16.0. The lowest BCUT2D eigenvalue weighted by Crippen LogP contribution is -2.27. The zero-order valence-corrected chi connectivity index (χ0v) is 31.9. The molecule has 55 heavy (non-hydrogen) atoms. The van der Waals surface area contributed by atoms with Crippen molar-refractivity contribution in [1.82, 2.24) is 0 Å². The topological polar surface area (TPSA) is 16.4 Å². The Morgan fingerprint density at radius 3 is 2.18 bits per heavy atom. The maximum absolute atomic E-state index is 6.74. The van der Waals surface area contributed by atoms with Crippen LogP contribution in [0, 0.1) is 0 Å². The normalized spacial score (nSPS) is 16.5. The molecule has 0 spiro atoms. The Labute approximate surface area is 323 Å². The Morgan fingerprint density at radius 2 is 1.31 bits per heavy atom. The van der Waals surface area contributed by atoms with Crippen molar-refractivity contribution in [2.75, 3.05) is 4.90 Å². The fraction of sp³-hybridized carbons (Fsp3) is 0.132. The molecule has 2 nitrogen and oxygen atoms in total. The largest absolute Gasteiger partial charge is 0.454 e. The molecule has 2 aliphatic rings. The summed E-state index contributed by atoms with van der Waals surface area (Å²) < 4.78 is 6.74. The van der Waals surface area contributed by atoms with Gasteiger partial charge in [0.25, 0.3) is 0 Å². The number of rotatable bonds is 4. The number of allylic oxidation sites excluding steroid dienone is 5. The Morgan fingerprint density at radius 1 is 0.564 bits per heavy atom. The lowest BCUT2D eigenvalue weighted by molar-refractivity contribution is 0.623. The van der Waals surface area contributed by atoms with E-state index in [0.29, 0.717) is 0 Å². The van der Waals surface area contributed by atoms with Crippen molar-refractivity contribution in [3.63, 3.8) is 0 Å². The lowest BCUT2D eigenvalue weighted by Gasteiger charge is -2.39. The Hall–Kier alpha value is -6.38. The molecule has 0 amide bonds. The van der Waals surface area contributed by atoms with Crippen LogP contribution in [0.1, 0.15) is 49.9 Å². The van der Waals surface area contributed by atoms with Gasteiger partial charge in [0.15, 0.2) is 5.58 Å². The van der Waals surface area contributed by atoms with E-state index in [2.05, 4.69) is 197 Å². The summed E-state index contributed by atoms with van der Waals surface area (Å²) in [4.78, 5) is 2.42. The summed E-state index contributed by atoms with van der Waals surface area (Å²) in [6, 6.07) is 51.0. The fourth-order valence-electron chi connectivity index (χ4n) is 9.21. The van der Waals surface area contributed by atoms with E-state index >= 15 is 0 Å². The van der Waals surface area contributed by atoms with Crippen LogP contribution < -0.4 is 4.90 Å². The third-order valence-corrected chi connectivity index (χ3v) is 12.3. The van der Waals surface area contributed by atoms with E-state index in [0.717, 1.165) is 51.0 Å². The van der Waals surface area contributed by atoms with Crippen LogP contribution in [0.2, 0.25) is 0 Å². The molecule has 7 aromatic carbocycles. The number of para-hydroxylation sites is 2. The van der Waals surface area contributed by atoms with Crippen LogP contribution >= 0.6 is 0 Å². The second kappa shape index (κ2) is 12.3. The van der Waals surface area contributed by atoms with Gasteiger partial charge in [0.1, 0.15) is 5.58 Å². The molecule has 2 heteroatoms. The highest BCUT2D eigenvalue weighted by Crippen LogP contribution is 2.54. The first-order valence-corrected chi connectivity index (χ1v) is 19.3. The van der Waals surface area contributed by atoms with Crippen molar-refractivity contribution in [2.45, 2.75) is 44.9 Å². The Bertz CT molecular complexity index is 2920. The molecule has 0 saturated carbocycles. The molecule has 2 aliphatic carbocycles. The van der Waals surface area contributed by atoms with Gasteiger partial charge in [0, 0.05) is 32.7 Å². The van der Waals surface area contributed by atoms with Gasteiger partial charge in [-0.15, -0.1) is 0 Å². The second-order valence-corrected chi connectivity index (χ2v) is 16.2. The number of anilines is 3. The molecule has 10 rings (SSSR count). The van der Waals surface area contributed by atoms with Gasteiger partial charge in [-0.3, -0.25) is 0 Å². The van der Waals surface area contributed by atoms with Crippen LogP contribution in [-0.2, 0) is 17.3 Å². The maximum Gasteiger partial charge on any atom is 0.159 e. The van der Waals surface area contributed by atoms with E-state index in [-0.39, 0.29) is 10.8 Å². The predicted octanol–water partition coefficient (Wildman–Crippen LogP) is 14.7. The molecule has 1 aromatic heterocycles. The van der Waals surface area contributed by atoms with Crippen molar-refractivity contribution in [3.8, 4) is 22.3 Å². The van der Waals surface area contributed by atoms with Crippen molar-refractivity contribution in [3.05, 3.63) is 198 Å². The van der Waals surface area contributed by atoms with Crippen LogP contribution in [0.25, 0.3) is 55.0 Å². The monoisotopic (exact) mass is 709 g/mol. The highest BCUT2D eigenvalue weighted by molar-refractivity contribution is 6.14. The lowest BCUT2D eigenvalue weighted by atomic mass is 9.65. The molecule has 1 heterocycles. The molecule has 8 aromatic rings. The minimum Gasteiger partial charge on any atom is -0.454 e. The number of furan rings is 1. The molecule has 0 unspecified atom stereocenters. The molecule has 0 N–H and O–H groups in total. The first-order valence-electron chi connectivity index (χ1n) is 19.3. The average Bonchev–Trinajstić information content (AvgIpc) is 3.61. The molecule has 0 bridgehead atoms. The quantitative estimate of drug-likeness (QED) is 0.181. The number of hydrogen-bond donors (Lipinski definition) is 0. The van der Waals surface area contributed by atoms with E-state index in [1.165, 1.54) is 55.3 Å². The Kier molecular flexibility index (Phi) is 7.44. The smallest absolute Gasteiger partial charge is 0.159 e. The summed E-state index contributed by atoms with van der Waals surface area (Å²) in [6.45, 7) is 14.0. The molecule has 0 radical (unpaired) electrons. The molecule has 0 fully saturated rings. The van der Waals surface area contributed by atoms with Gasteiger partial charge in [-0.2, -0.15) is 0 Å². The zero-order valence-electron chi connectivity index (χ0n) is 31.9. The minimum absolute atomic E-state index is 0.223. The van der Waals surface area contributed by atoms with Gasteiger partial charge >= 0.3 is 0 Å². The zero-order chi connectivity index (χ0) is 37.5. The number of hydrogen-bond acceptors (Lipinski definition) is 2. The van der Waals surface area contributed by atoms with Crippen molar-refractivity contribution in [2.24, 2.45) is 0 Å². The minimum atomic E-state index is -0.228. The number of benzene rings is 7.